The number of nitrogens with zero attached hydrogens (tertiary/aromatic N) is 4. The van der Waals surface area contributed by atoms with Crippen LogP contribution in [0.15, 0.2) is 22.4 Å². The number of ether oxygens (including phenoxy) is 1. The molecule has 2 aliphatic heterocycles. The number of nitriles is 1. The molecule has 0 aliphatic carbocycles. The number of anilines is 1. The van der Waals surface area contributed by atoms with Gasteiger partial charge >= 0.3 is 5.97 Å². The van der Waals surface area contributed by atoms with Crippen molar-refractivity contribution in [3.63, 3.8) is 0 Å². The number of carbonyl (C=O) groups is 2. The number of piperidine rings is 1. The van der Waals surface area contributed by atoms with Gasteiger partial charge in [-0.2, -0.15) is 5.26 Å². The summed E-state index contributed by atoms with van der Waals surface area (Å²) in [5.41, 5.74) is 0.909. The third-order valence-corrected chi connectivity index (χ3v) is 7.55. The van der Waals surface area contributed by atoms with E-state index in [9.17, 15) is 19.6 Å². The molecule has 3 heterocycles. The Kier molecular flexibility index (Phi) is 8.92. The maximum atomic E-state index is 13.3. The third-order valence-electron chi connectivity index (χ3n) is 6.17. The topological polar surface area (TPSA) is 95.6 Å². The fourth-order valence-corrected chi connectivity index (χ4v) is 5.68. The zero-order valence-corrected chi connectivity index (χ0v) is 22.0. The van der Waals surface area contributed by atoms with Crippen molar-refractivity contribution in [1.29, 1.82) is 5.26 Å². The molecular weight excluding hydrogens is 484 g/mol. The third kappa shape index (κ3) is 5.36. The number of thiocarbonyl (C=S) groups is 1. The van der Waals surface area contributed by atoms with E-state index in [0.29, 0.717) is 78.2 Å². The van der Waals surface area contributed by atoms with E-state index in [-0.39, 0.29) is 28.9 Å². The Morgan fingerprint density at radius 3 is 2.57 bits per heavy atom. The van der Waals surface area contributed by atoms with E-state index in [2.05, 4.69) is 17.5 Å². The first kappa shape index (κ1) is 26.7. The SMILES string of the molecule is C=CCN1C(=O)/C(=C/c2c(C)c(C#N)c(=O)n(CCC)c2N2CCC(C(=O)OCC)CC2)SC1=S. The summed E-state index contributed by atoms with van der Waals surface area (Å²) in [4.78, 5) is 42.5. The van der Waals surface area contributed by atoms with Crippen molar-refractivity contribution in [3.8, 4) is 6.07 Å². The van der Waals surface area contributed by atoms with Crippen LogP contribution in [0.2, 0.25) is 0 Å². The molecule has 0 radical (unpaired) electrons. The lowest BCUT2D eigenvalue weighted by Crippen LogP contribution is -2.41. The van der Waals surface area contributed by atoms with E-state index in [0.717, 1.165) is 0 Å². The minimum atomic E-state index is -0.342. The van der Waals surface area contributed by atoms with E-state index in [1.807, 2.05) is 6.92 Å². The molecule has 2 fully saturated rings. The number of thioether (sulfide) groups is 1. The fourth-order valence-electron chi connectivity index (χ4n) is 4.42. The number of pyridine rings is 1. The van der Waals surface area contributed by atoms with Gasteiger partial charge in [0.15, 0.2) is 0 Å². The van der Waals surface area contributed by atoms with Crippen molar-refractivity contribution in [3.05, 3.63) is 44.6 Å². The normalized spacial score (nSPS) is 17.7. The molecule has 1 aromatic rings. The molecule has 0 saturated carbocycles. The summed E-state index contributed by atoms with van der Waals surface area (Å²) in [6.45, 7) is 11.4. The second-order valence-corrected chi connectivity index (χ2v) is 10.1. The van der Waals surface area contributed by atoms with Crippen LogP contribution in [-0.2, 0) is 20.9 Å². The van der Waals surface area contributed by atoms with Gasteiger partial charge in [-0.1, -0.05) is 37.0 Å². The van der Waals surface area contributed by atoms with Gasteiger partial charge in [0.2, 0.25) is 0 Å². The lowest BCUT2D eigenvalue weighted by Gasteiger charge is -2.35. The van der Waals surface area contributed by atoms with Crippen LogP contribution in [0.1, 0.15) is 49.8 Å². The minimum Gasteiger partial charge on any atom is -0.466 e. The standard InChI is InChI=1S/C25H30N4O4S2/c1-5-10-28-21(27-12-8-17(9-13-27)24(32)33-7-3)18(16(4)19(15-26)22(28)30)14-20-23(31)29(11-6-2)25(34)35-20/h6,14,17H,2,5,7-13H2,1,3-4H3/b20-14-. The quantitative estimate of drug-likeness (QED) is 0.225. The van der Waals surface area contributed by atoms with Crippen molar-refractivity contribution >= 4 is 52.1 Å². The smallest absolute Gasteiger partial charge is 0.309 e. The average molecular weight is 515 g/mol. The molecule has 2 aliphatic rings. The van der Waals surface area contributed by atoms with E-state index in [4.69, 9.17) is 17.0 Å². The van der Waals surface area contributed by atoms with Crippen LogP contribution >= 0.6 is 24.0 Å². The number of aromatic nitrogens is 1. The first-order valence-corrected chi connectivity index (χ1v) is 13.0. The molecule has 0 aromatic carbocycles. The van der Waals surface area contributed by atoms with Gasteiger partial charge in [-0.25, -0.2) is 0 Å². The number of amides is 1. The van der Waals surface area contributed by atoms with Gasteiger partial charge in [-0.3, -0.25) is 23.9 Å². The summed E-state index contributed by atoms with van der Waals surface area (Å²) in [7, 11) is 0. The van der Waals surface area contributed by atoms with Gasteiger partial charge in [0.1, 0.15) is 21.8 Å². The Hall–Kier alpha value is -2.90. The lowest BCUT2D eigenvalue weighted by atomic mass is 9.95. The molecule has 0 N–H and O–H groups in total. The van der Waals surface area contributed by atoms with E-state index >= 15 is 0 Å². The first-order chi connectivity index (χ1) is 16.8. The highest BCUT2D eigenvalue weighted by Crippen LogP contribution is 2.36. The van der Waals surface area contributed by atoms with Gasteiger partial charge in [-0.15, -0.1) is 6.58 Å². The summed E-state index contributed by atoms with van der Waals surface area (Å²) in [5, 5.41) is 9.77. The molecule has 8 nitrogen and oxygen atoms in total. The van der Waals surface area contributed by atoms with E-state index in [1.165, 1.54) is 16.7 Å². The Labute approximate surface area is 215 Å². The summed E-state index contributed by atoms with van der Waals surface area (Å²) in [5.74, 6) is 0.0681. The molecule has 10 heteroatoms. The molecule has 0 unspecified atom stereocenters. The van der Waals surface area contributed by atoms with E-state index < -0.39 is 0 Å². The van der Waals surface area contributed by atoms with Crippen LogP contribution in [-0.4, -0.2) is 51.9 Å². The summed E-state index contributed by atoms with van der Waals surface area (Å²) in [6.07, 6.45) is 5.25. The highest BCUT2D eigenvalue weighted by atomic mass is 32.2. The van der Waals surface area contributed by atoms with Crippen molar-refractivity contribution < 1.29 is 14.3 Å². The van der Waals surface area contributed by atoms with E-state index in [1.54, 1.807) is 30.6 Å². The van der Waals surface area contributed by atoms with Crippen molar-refractivity contribution in [2.24, 2.45) is 5.92 Å². The molecule has 0 atom stereocenters. The largest absolute Gasteiger partial charge is 0.466 e. The number of esters is 1. The van der Waals surface area contributed by atoms with Gasteiger partial charge < -0.3 is 9.64 Å². The van der Waals surface area contributed by atoms with Gasteiger partial charge in [0.05, 0.1) is 17.4 Å². The highest BCUT2D eigenvalue weighted by molar-refractivity contribution is 8.26. The maximum absolute atomic E-state index is 13.3. The average Bonchev–Trinajstić information content (AvgIpc) is 3.10. The zero-order chi connectivity index (χ0) is 25.7. The van der Waals surface area contributed by atoms with Crippen LogP contribution in [0.5, 0.6) is 0 Å². The Bertz CT molecular complexity index is 1170. The number of rotatable bonds is 8. The van der Waals surface area contributed by atoms with Crippen molar-refractivity contribution in [1.82, 2.24) is 9.47 Å². The number of carbonyl (C=O) groups excluding carboxylic acids is 2. The number of hydrogen-bond donors (Lipinski definition) is 0. The zero-order valence-electron chi connectivity index (χ0n) is 20.3. The Balaban J connectivity index is 2.13. The molecule has 1 aromatic heterocycles. The predicted octanol–water partition coefficient (Wildman–Crippen LogP) is 3.61. The molecule has 35 heavy (non-hydrogen) atoms. The highest BCUT2D eigenvalue weighted by Gasteiger charge is 2.34. The van der Waals surface area contributed by atoms with Gasteiger partial charge in [0, 0.05) is 31.7 Å². The second kappa shape index (κ2) is 11.7. The van der Waals surface area contributed by atoms with Crippen LogP contribution < -0.4 is 10.5 Å². The summed E-state index contributed by atoms with van der Waals surface area (Å²) >= 11 is 6.58. The lowest BCUT2D eigenvalue weighted by molar-refractivity contribution is -0.148. The maximum Gasteiger partial charge on any atom is 0.309 e. The molecular formula is C25H30N4O4S2. The molecule has 1 amide bonds. The fraction of sp³-hybridized carbons (Fsp3) is 0.480. The monoisotopic (exact) mass is 514 g/mol. The van der Waals surface area contributed by atoms with Gasteiger partial charge in [0.25, 0.3) is 11.5 Å². The van der Waals surface area contributed by atoms with Crippen molar-refractivity contribution in [2.45, 2.75) is 46.6 Å². The van der Waals surface area contributed by atoms with Crippen molar-refractivity contribution in [2.75, 3.05) is 31.1 Å². The molecule has 2 saturated heterocycles. The summed E-state index contributed by atoms with van der Waals surface area (Å²) in [6, 6.07) is 2.06. The Morgan fingerprint density at radius 1 is 1.31 bits per heavy atom. The molecule has 186 valence electrons. The molecule has 0 bridgehead atoms. The van der Waals surface area contributed by atoms with Crippen LogP contribution in [0.4, 0.5) is 5.82 Å². The molecule has 0 spiro atoms. The second-order valence-electron chi connectivity index (χ2n) is 8.40. The molecule has 3 rings (SSSR count). The summed E-state index contributed by atoms with van der Waals surface area (Å²) < 4.78 is 7.27. The first-order valence-electron chi connectivity index (χ1n) is 11.7. The van der Waals surface area contributed by atoms with Crippen LogP contribution in [0, 0.1) is 24.2 Å². The minimum absolute atomic E-state index is 0.0661. The Morgan fingerprint density at radius 2 is 2.00 bits per heavy atom. The number of hydrogen-bond acceptors (Lipinski definition) is 8. The van der Waals surface area contributed by atoms with Crippen LogP contribution in [0.3, 0.4) is 0 Å². The predicted molar refractivity (Wildman–Crippen MR) is 142 cm³/mol. The van der Waals surface area contributed by atoms with Gasteiger partial charge in [-0.05, 0) is 44.7 Å². The van der Waals surface area contributed by atoms with Crippen LogP contribution in [0.25, 0.3) is 6.08 Å².